The highest BCUT2D eigenvalue weighted by molar-refractivity contribution is 5.74. The second-order valence-corrected chi connectivity index (χ2v) is 1.66. The Morgan fingerprint density at radius 1 is 1.82 bits per heavy atom. The van der Waals surface area contributed by atoms with Crippen molar-refractivity contribution in [3.63, 3.8) is 0 Å². The summed E-state index contributed by atoms with van der Waals surface area (Å²) in [4.78, 5) is 10.9. The van der Waals surface area contributed by atoms with Crippen LogP contribution in [0.5, 0.6) is 0 Å². The van der Waals surface area contributed by atoms with Crippen LogP contribution in [0.3, 0.4) is 0 Å². The molecule has 0 saturated carbocycles. The summed E-state index contributed by atoms with van der Waals surface area (Å²) in [5, 5.41) is 2.60. The van der Waals surface area contributed by atoms with Gasteiger partial charge in [0.25, 0.3) is 0 Å². The second kappa shape index (κ2) is 5.68. The van der Waals surface area contributed by atoms with Crippen LogP contribution in [0, 0.1) is 0 Å². The van der Waals surface area contributed by atoms with Gasteiger partial charge in [0.2, 0.25) is 6.23 Å². The molecule has 1 unspecified atom stereocenters. The van der Waals surface area contributed by atoms with E-state index in [-0.39, 0.29) is 0 Å². The van der Waals surface area contributed by atoms with Gasteiger partial charge in [0.1, 0.15) is 6.26 Å². The summed E-state index contributed by atoms with van der Waals surface area (Å²) in [6.07, 6.45) is 0.339. The molecule has 0 aliphatic rings. The van der Waals surface area contributed by atoms with Crippen LogP contribution in [0.1, 0.15) is 0 Å². The maximum atomic E-state index is 10.9. The number of rotatable bonds is 4. The predicted octanol–water partition coefficient (Wildman–Crippen LogP) is 0.0201. The summed E-state index contributed by atoms with van der Waals surface area (Å²) >= 11 is 0. The van der Waals surface area contributed by atoms with Gasteiger partial charge in [-0.25, -0.2) is 4.79 Å². The first-order valence-electron chi connectivity index (χ1n) is 3.01. The van der Waals surface area contributed by atoms with E-state index in [1.54, 1.807) is 7.05 Å². The SMILES string of the molecule is C=C=COC(=O)C(NC)OC. The zero-order valence-electron chi connectivity index (χ0n) is 6.59. The molecule has 0 aliphatic heterocycles. The summed E-state index contributed by atoms with van der Waals surface area (Å²) in [6.45, 7) is 3.22. The second-order valence-electron chi connectivity index (χ2n) is 1.66. The number of hydrogen-bond donors (Lipinski definition) is 1. The molecule has 4 nitrogen and oxygen atoms in total. The average Bonchev–Trinajstić information content (AvgIpc) is 2.03. The average molecular weight is 157 g/mol. The minimum absolute atomic E-state index is 0.522. The van der Waals surface area contributed by atoms with Crippen LogP contribution in [0.25, 0.3) is 0 Å². The first-order chi connectivity index (χ1) is 5.26. The Morgan fingerprint density at radius 3 is 2.82 bits per heavy atom. The van der Waals surface area contributed by atoms with Crippen LogP contribution in [-0.4, -0.2) is 26.4 Å². The summed E-state index contributed by atoms with van der Waals surface area (Å²) in [7, 11) is 2.99. The molecule has 1 N–H and O–H groups in total. The van der Waals surface area contributed by atoms with E-state index >= 15 is 0 Å². The summed E-state index contributed by atoms with van der Waals surface area (Å²) in [5.41, 5.74) is 2.30. The molecule has 0 heterocycles. The maximum absolute atomic E-state index is 10.9. The van der Waals surface area contributed by atoms with Crippen molar-refractivity contribution < 1.29 is 14.3 Å². The Hall–Kier alpha value is -1.09. The van der Waals surface area contributed by atoms with Gasteiger partial charge in [-0.2, -0.15) is 0 Å². The van der Waals surface area contributed by atoms with Crippen LogP contribution in [0.15, 0.2) is 18.6 Å². The lowest BCUT2D eigenvalue weighted by molar-refractivity contribution is -0.151. The minimum Gasteiger partial charge on any atom is -0.423 e. The van der Waals surface area contributed by atoms with Gasteiger partial charge in [0, 0.05) is 7.11 Å². The Balaban J connectivity index is 3.88. The predicted molar refractivity (Wildman–Crippen MR) is 39.7 cm³/mol. The molecular formula is C7H11NO3. The first-order valence-corrected chi connectivity index (χ1v) is 3.01. The van der Waals surface area contributed by atoms with Gasteiger partial charge in [-0.05, 0) is 7.05 Å². The number of nitrogens with one attached hydrogen (secondary N) is 1. The molecule has 0 aromatic rings. The summed E-state index contributed by atoms with van der Waals surface area (Å²) in [6, 6.07) is 0. The molecule has 0 aliphatic carbocycles. The Morgan fingerprint density at radius 2 is 2.45 bits per heavy atom. The number of hydrogen-bond acceptors (Lipinski definition) is 4. The van der Waals surface area contributed by atoms with Crippen molar-refractivity contribution in [2.24, 2.45) is 0 Å². The van der Waals surface area contributed by atoms with Gasteiger partial charge >= 0.3 is 5.97 Å². The normalized spacial score (nSPS) is 11.5. The molecule has 0 fully saturated rings. The van der Waals surface area contributed by atoms with Gasteiger partial charge in [-0.15, -0.1) is 0 Å². The molecule has 0 saturated heterocycles. The topological polar surface area (TPSA) is 47.6 Å². The van der Waals surface area contributed by atoms with Gasteiger partial charge in [0.05, 0.1) is 0 Å². The molecule has 0 spiro atoms. The molecule has 1 atom stereocenters. The van der Waals surface area contributed by atoms with Gasteiger partial charge in [-0.3, -0.25) is 5.32 Å². The molecule has 4 heteroatoms. The Kier molecular flexibility index (Phi) is 5.11. The minimum atomic E-state index is -0.736. The Bertz CT molecular complexity index is 169. The van der Waals surface area contributed by atoms with Crippen molar-refractivity contribution in [3.8, 4) is 0 Å². The summed E-state index contributed by atoms with van der Waals surface area (Å²) in [5.74, 6) is -0.522. The zero-order chi connectivity index (χ0) is 8.69. The third kappa shape index (κ3) is 3.57. The van der Waals surface area contributed by atoms with Crippen molar-refractivity contribution in [3.05, 3.63) is 18.6 Å². The maximum Gasteiger partial charge on any atom is 0.355 e. The van der Waals surface area contributed by atoms with Crippen LogP contribution >= 0.6 is 0 Å². The van der Waals surface area contributed by atoms with Crippen LogP contribution in [0.2, 0.25) is 0 Å². The van der Waals surface area contributed by atoms with E-state index < -0.39 is 12.2 Å². The van der Waals surface area contributed by atoms with Crippen molar-refractivity contribution in [1.29, 1.82) is 0 Å². The van der Waals surface area contributed by atoms with Crippen molar-refractivity contribution in [2.75, 3.05) is 14.2 Å². The van der Waals surface area contributed by atoms with E-state index in [2.05, 4.69) is 22.4 Å². The smallest absolute Gasteiger partial charge is 0.355 e. The van der Waals surface area contributed by atoms with Gasteiger partial charge < -0.3 is 9.47 Å². The molecule has 0 radical (unpaired) electrons. The quantitative estimate of drug-likeness (QED) is 0.270. The molecule has 0 aromatic carbocycles. The van der Waals surface area contributed by atoms with Gasteiger partial charge in [-0.1, -0.05) is 12.3 Å². The largest absolute Gasteiger partial charge is 0.423 e. The number of likely N-dealkylation sites (N-methyl/N-ethyl adjacent to an activating group) is 1. The lowest BCUT2D eigenvalue weighted by Gasteiger charge is -2.09. The monoisotopic (exact) mass is 157 g/mol. The number of ether oxygens (including phenoxy) is 2. The molecule has 11 heavy (non-hydrogen) atoms. The van der Waals surface area contributed by atoms with E-state index in [0.29, 0.717) is 0 Å². The fourth-order valence-corrected chi connectivity index (χ4v) is 0.493. The van der Waals surface area contributed by atoms with E-state index in [9.17, 15) is 4.79 Å². The van der Waals surface area contributed by atoms with Crippen LogP contribution in [0.4, 0.5) is 0 Å². The molecule has 0 amide bonds. The highest BCUT2D eigenvalue weighted by atomic mass is 16.6. The molecule has 0 bridgehead atoms. The number of esters is 1. The van der Waals surface area contributed by atoms with E-state index in [1.165, 1.54) is 7.11 Å². The van der Waals surface area contributed by atoms with Crippen molar-refractivity contribution in [1.82, 2.24) is 5.32 Å². The highest BCUT2D eigenvalue weighted by Gasteiger charge is 2.15. The van der Waals surface area contributed by atoms with Crippen molar-refractivity contribution >= 4 is 5.97 Å². The number of methoxy groups -OCH3 is 1. The molecule has 62 valence electrons. The fraction of sp³-hybridized carbons (Fsp3) is 0.429. The first kappa shape index (κ1) is 9.91. The fourth-order valence-electron chi connectivity index (χ4n) is 0.493. The molecular weight excluding hydrogens is 146 g/mol. The molecule has 0 aromatic heterocycles. The summed E-state index contributed by atoms with van der Waals surface area (Å²) < 4.78 is 9.21. The lowest BCUT2D eigenvalue weighted by atomic mass is 10.6. The zero-order valence-corrected chi connectivity index (χ0v) is 6.59. The third-order valence-corrected chi connectivity index (χ3v) is 0.970. The third-order valence-electron chi connectivity index (χ3n) is 0.970. The highest BCUT2D eigenvalue weighted by Crippen LogP contribution is 1.88. The van der Waals surface area contributed by atoms with Crippen LogP contribution < -0.4 is 5.32 Å². The van der Waals surface area contributed by atoms with E-state index in [1.807, 2.05) is 0 Å². The number of carbonyl (C=O) groups is 1. The van der Waals surface area contributed by atoms with Gasteiger partial charge in [0.15, 0.2) is 0 Å². The van der Waals surface area contributed by atoms with Crippen molar-refractivity contribution in [2.45, 2.75) is 6.23 Å². The Labute approximate surface area is 65.5 Å². The number of carbonyl (C=O) groups excluding carboxylic acids is 1. The van der Waals surface area contributed by atoms with E-state index in [4.69, 9.17) is 4.74 Å². The lowest BCUT2D eigenvalue weighted by Crippen LogP contribution is -2.36. The van der Waals surface area contributed by atoms with E-state index in [0.717, 1.165) is 6.26 Å². The molecule has 0 rings (SSSR count). The standard InChI is InChI=1S/C7H11NO3/c1-4-5-11-7(9)6(8-2)10-3/h5-6,8H,1H2,2-3H3. The van der Waals surface area contributed by atoms with Crippen LogP contribution in [-0.2, 0) is 14.3 Å².